The maximum absolute atomic E-state index is 13.3. The Balaban J connectivity index is 1.67. The molecule has 1 fully saturated rings. The molecule has 0 bridgehead atoms. The highest BCUT2D eigenvalue weighted by molar-refractivity contribution is 7.89. The van der Waals surface area contributed by atoms with Crippen molar-refractivity contribution in [2.45, 2.75) is 30.2 Å². The highest BCUT2D eigenvalue weighted by Gasteiger charge is 2.32. The largest absolute Gasteiger partial charge is 0.339 e. The molecule has 1 aliphatic rings. The normalized spacial score (nSPS) is 15.0. The van der Waals surface area contributed by atoms with Gasteiger partial charge in [-0.3, -0.25) is 4.79 Å². The third-order valence-corrected chi connectivity index (χ3v) is 7.76. The SMILES string of the molecule is CC(NC(=O)c1cccc(S(=O)(=O)N2CCCC2)c1)(c1ccccc1)c1ccccc1. The molecule has 0 saturated carbocycles. The Bertz CT molecular complexity index is 1120. The fourth-order valence-corrected chi connectivity index (χ4v) is 5.59. The van der Waals surface area contributed by atoms with Gasteiger partial charge in [-0.1, -0.05) is 66.7 Å². The van der Waals surface area contributed by atoms with E-state index in [9.17, 15) is 13.2 Å². The minimum absolute atomic E-state index is 0.156. The lowest BCUT2D eigenvalue weighted by Crippen LogP contribution is -2.44. The van der Waals surface area contributed by atoms with Crippen LogP contribution in [0.15, 0.2) is 89.8 Å². The van der Waals surface area contributed by atoms with Crippen LogP contribution in [-0.2, 0) is 15.6 Å². The van der Waals surface area contributed by atoms with Gasteiger partial charge in [-0.15, -0.1) is 0 Å². The quantitative estimate of drug-likeness (QED) is 0.633. The fourth-order valence-electron chi connectivity index (χ4n) is 4.03. The minimum atomic E-state index is -3.59. The number of nitrogens with zero attached hydrogens (tertiary/aromatic N) is 1. The van der Waals surface area contributed by atoms with E-state index < -0.39 is 15.6 Å². The van der Waals surface area contributed by atoms with Crippen LogP contribution in [0.5, 0.6) is 0 Å². The standard InChI is InChI=1S/C25H26N2O3S/c1-25(21-12-4-2-5-13-21,22-14-6-3-7-15-22)26-24(28)20-11-10-16-23(19-20)31(29,30)27-17-8-9-18-27/h2-7,10-16,19H,8-9,17-18H2,1H3,(H,26,28). The van der Waals surface area contributed by atoms with E-state index in [-0.39, 0.29) is 10.8 Å². The van der Waals surface area contributed by atoms with Crippen molar-refractivity contribution in [3.8, 4) is 0 Å². The van der Waals surface area contributed by atoms with Gasteiger partial charge in [0, 0.05) is 18.7 Å². The summed E-state index contributed by atoms with van der Waals surface area (Å²) in [6.07, 6.45) is 1.73. The van der Waals surface area contributed by atoms with Crippen LogP contribution in [0.2, 0.25) is 0 Å². The van der Waals surface area contributed by atoms with Gasteiger partial charge in [0.25, 0.3) is 5.91 Å². The molecular weight excluding hydrogens is 408 g/mol. The minimum Gasteiger partial charge on any atom is -0.339 e. The van der Waals surface area contributed by atoms with Gasteiger partial charge in [0.1, 0.15) is 0 Å². The molecule has 0 atom stereocenters. The van der Waals surface area contributed by atoms with Crippen LogP contribution >= 0.6 is 0 Å². The summed E-state index contributed by atoms with van der Waals surface area (Å²) in [4.78, 5) is 13.4. The van der Waals surface area contributed by atoms with E-state index in [1.54, 1.807) is 18.2 Å². The molecule has 5 nitrogen and oxygen atoms in total. The topological polar surface area (TPSA) is 66.5 Å². The summed E-state index contributed by atoms with van der Waals surface area (Å²) in [6, 6.07) is 25.8. The van der Waals surface area contributed by atoms with Crippen LogP contribution < -0.4 is 5.32 Å². The van der Waals surface area contributed by atoms with Crippen LogP contribution in [0, 0.1) is 0 Å². The summed E-state index contributed by atoms with van der Waals surface area (Å²) in [7, 11) is -3.59. The van der Waals surface area contributed by atoms with E-state index in [0.717, 1.165) is 24.0 Å². The van der Waals surface area contributed by atoms with Gasteiger partial charge in [-0.25, -0.2) is 8.42 Å². The van der Waals surface area contributed by atoms with Crippen LogP contribution in [-0.4, -0.2) is 31.7 Å². The first kappa shape index (κ1) is 21.3. The molecular formula is C25H26N2O3S. The van der Waals surface area contributed by atoms with Gasteiger partial charge in [-0.05, 0) is 49.1 Å². The Labute approximate surface area is 183 Å². The number of rotatable bonds is 6. The monoisotopic (exact) mass is 434 g/mol. The Kier molecular flexibility index (Phi) is 5.94. The van der Waals surface area contributed by atoms with Crippen LogP contribution in [0.4, 0.5) is 0 Å². The summed E-state index contributed by atoms with van der Waals surface area (Å²) >= 11 is 0. The molecule has 1 heterocycles. The molecule has 0 spiro atoms. The average Bonchev–Trinajstić information content (AvgIpc) is 3.36. The van der Waals surface area contributed by atoms with E-state index in [2.05, 4.69) is 5.32 Å². The summed E-state index contributed by atoms with van der Waals surface area (Å²) in [6.45, 7) is 3.01. The van der Waals surface area contributed by atoms with Crippen molar-refractivity contribution in [3.05, 3.63) is 102 Å². The summed E-state index contributed by atoms with van der Waals surface area (Å²) in [5.41, 5.74) is 1.42. The Morgan fingerprint density at radius 2 is 1.39 bits per heavy atom. The number of amides is 1. The van der Waals surface area contributed by atoms with E-state index in [4.69, 9.17) is 0 Å². The first-order valence-corrected chi connectivity index (χ1v) is 11.9. The molecule has 3 aromatic carbocycles. The lowest BCUT2D eigenvalue weighted by Gasteiger charge is -2.32. The lowest BCUT2D eigenvalue weighted by molar-refractivity contribution is 0.0918. The molecule has 160 valence electrons. The van der Waals surface area contributed by atoms with Crippen molar-refractivity contribution in [1.82, 2.24) is 9.62 Å². The number of carbonyl (C=O) groups excluding carboxylic acids is 1. The molecule has 0 aliphatic carbocycles. The second-order valence-corrected chi connectivity index (χ2v) is 9.89. The van der Waals surface area contributed by atoms with Crippen molar-refractivity contribution in [3.63, 3.8) is 0 Å². The van der Waals surface area contributed by atoms with Crippen LogP contribution in [0.3, 0.4) is 0 Å². The fraction of sp³-hybridized carbons (Fsp3) is 0.240. The highest BCUT2D eigenvalue weighted by atomic mass is 32.2. The number of nitrogens with one attached hydrogen (secondary N) is 1. The molecule has 1 amide bonds. The molecule has 3 aromatic rings. The first-order chi connectivity index (χ1) is 14.9. The number of benzene rings is 3. The maximum atomic E-state index is 13.3. The summed E-state index contributed by atoms with van der Waals surface area (Å²) < 4.78 is 27.4. The molecule has 0 radical (unpaired) electrons. The zero-order valence-electron chi connectivity index (χ0n) is 17.5. The summed E-state index contributed by atoms with van der Waals surface area (Å²) in [5.74, 6) is -0.325. The number of sulfonamides is 1. The molecule has 1 saturated heterocycles. The Hall–Kier alpha value is -2.96. The zero-order valence-corrected chi connectivity index (χ0v) is 18.3. The van der Waals surface area contributed by atoms with Gasteiger partial charge in [0.05, 0.1) is 10.4 Å². The van der Waals surface area contributed by atoms with Gasteiger partial charge in [0.15, 0.2) is 0 Å². The molecule has 31 heavy (non-hydrogen) atoms. The van der Waals surface area contributed by atoms with E-state index in [0.29, 0.717) is 18.7 Å². The highest BCUT2D eigenvalue weighted by Crippen LogP contribution is 2.30. The van der Waals surface area contributed by atoms with E-state index >= 15 is 0 Å². The van der Waals surface area contributed by atoms with Gasteiger partial charge in [0.2, 0.25) is 10.0 Å². The first-order valence-electron chi connectivity index (χ1n) is 10.4. The van der Waals surface area contributed by atoms with Crippen molar-refractivity contribution in [1.29, 1.82) is 0 Å². The van der Waals surface area contributed by atoms with Crippen LogP contribution in [0.1, 0.15) is 41.3 Å². The predicted molar refractivity (Wildman–Crippen MR) is 121 cm³/mol. The average molecular weight is 435 g/mol. The molecule has 0 aromatic heterocycles. The molecule has 0 unspecified atom stereocenters. The Morgan fingerprint density at radius 1 is 0.839 bits per heavy atom. The number of hydrogen-bond acceptors (Lipinski definition) is 3. The predicted octanol–water partition coefficient (Wildman–Crippen LogP) is 4.16. The second kappa shape index (κ2) is 8.65. The molecule has 6 heteroatoms. The van der Waals surface area contributed by atoms with Crippen molar-refractivity contribution < 1.29 is 13.2 Å². The molecule has 1 aliphatic heterocycles. The van der Waals surface area contributed by atoms with Crippen molar-refractivity contribution >= 4 is 15.9 Å². The zero-order chi connectivity index (χ0) is 21.9. The molecule has 1 N–H and O–H groups in total. The van der Waals surface area contributed by atoms with Crippen molar-refractivity contribution in [2.75, 3.05) is 13.1 Å². The van der Waals surface area contributed by atoms with E-state index in [1.165, 1.54) is 10.4 Å². The number of carbonyl (C=O) groups is 1. The van der Waals surface area contributed by atoms with Crippen LogP contribution in [0.25, 0.3) is 0 Å². The third-order valence-electron chi connectivity index (χ3n) is 5.86. The van der Waals surface area contributed by atoms with Gasteiger partial charge in [-0.2, -0.15) is 4.31 Å². The third kappa shape index (κ3) is 4.27. The maximum Gasteiger partial charge on any atom is 0.252 e. The smallest absolute Gasteiger partial charge is 0.252 e. The van der Waals surface area contributed by atoms with E-state index in [1.807, 2.05) is 67.6 Å². The van der Waals surface area contributed by atoms with Crippen molar-refractivity contribution in [2.24, 2.45) is 0 Å². The van der Waals surface area contributed by atoms with Gasteiger partial charge < -0.3 is 5.32 Å². The van der Waals surface area contributed by atoms with Gasteiger partial charge >= 0.3 is 0 Å². The Morgan fingerprint density at radius 3 is 1.94 bits per heavy atom. The lowest BCUT2D eigenvalue weighted by atomic mass is 9.84. The second-order valence-electron chi connectivity index (χ2n) is 7.95. The summed E-state index contributed by atoms with van der Waals surface area (Å²) in [5, 5.41) is 3.14. The number of hydrogen-bond donors (Lipinski definition) is 1. The molecule has 4 rings (SSSR count).